The molecule has 2 heterocycles. The van der Waals surface area contributed by atoms with Gasteiger partial charge < -0.3 is 4.74 Å². The Morgan fingerprint density at radius 2 is 1.73 bits per heavy atom. The lowest BCUT2D eigenvalue weighted by atomic mass is 9.91. The number of aromatic nitrogens is 2. The van der Waals surface area contributed by atoms with Crippen molar-refractivity contribution in [3.05, 3.63) is 89.2 Å². The van der Waals surface area contributed by atoms with Crippen LogP contribution in [0.15, 0.2) is 72.8 Å². The normalized spacial score (nSPS) is 17.7. The quantitative estimate of drug-likeness (QED) is 0.573. The smallest absolute Gasteiger partial charge is 0.161 e. The van der Waals surface area contributed by atoms with Gasteiger partial charge in [-0.2, -0.15) is 0 Å². The molecule has 4 heteroatoms. The summed E-state index contributed by atoms with van der Waals surface area (Å²) in [6, 6.07) is 19.9. The van der Waals surface area contributed by atoms with Crippen molar-refractivity contribution in [1.82, 2.24) is 9.97 Å². The molecule has 2 aliphatic rings. The van der Waals surface area contributed by atoms with Gasteiger partial charge in [0.1, 0.15) is 17.0 Å². The van der Waals surface area contributed by atoms with E-state index in [4.69, 9.17) is 21.3 Å². The largest absolute Gasteiger partial charge is 0.485 e. The average molecular weight is 359 g/mol. The molecule has 3 nitrogen and oxygen atoms in total. The van der Waals surface area contributed by atoms with E-state index in [-0.39, 0.29) is 6.10 Å². The number of benzene rings is 2. The molecule has 26 heavy (non-hydrogen) atoms. The molecule has 0 bridgehead atoms. The van der Waals surface area contributed by atoms with Gasteiger partial charge >= 0.3 is 0 Å². The minimum atomic E-state index is 0.0290. The number of hydrogen-bond acceptors (Lipinski definition) is 3. The van der Waals surface area contributed by atoms with Crippen molar-refractivity contribution >= 4 is 22.7 Å². The average Bonchev–Trinajstić information content (AvgIpc) is 3.06. The van der Waals surface area contributed by atoms with E-state index >= 15 is 0 Å². The number of ether oxygens (including phenoxy) is 1. The van der Waals surface area contributed by atoms with Gasteiger partial charge in [0.2, 0.25) is 0 Å². The summed E-state index contributed by atoms with van der Waals surface area (Å²) < 4.78 is 6.12. The minimum absolute atomic E-state index is 0.0290. The van der Waals surface area contributed by atoms with Gasteiger partial charge in [0.25, 0.3) is 0 Å². The third-order valence-corrected chi connectivity index (χ3v) is 4.93. The Kier molecular flexibility index (Phi) is 3.61. The predicted octanol–water partition coefficient (Wildman–Crippen LogP) is 5.43. The van der Waals surface area contributed by atoms with E-state index in [1.807, 2.05) is 54.6 Å². The maximum atomic E-state index is 6.28. The van der Waals surface area contributed by atoms with Crippen LogP contribution in [0.1, 0.15) is 17.7 Å². The summed E-state index contributed by atoms with van der Waals surface area (Å²) in [5, 5.41) is 0.445. The summed E-state index contributed by atoms with van der Waals surface area (Å²) in [6.07, 6.45) is 5.04. The third kappa shape index (κ3) is 2.61. The van der Waals surface area contributed by atoms with Crippen LogP contribution in [-0.2, 0) is 0 Å². The Labute approximate surface area is 156 Å². The van der Waals surface area contributed by atoms with Gasteiger partial charge in [-0.25, -0.2) is 9.97 Å². The molecule has 0 radical (unpaired) electrons. The van der Waals surface area contributed by atoms with Crippen molar-refractivity contribution < 1.29 is 4.74 Å². The van der Waals surface area contributed by atoms with Crippen LogP contribution in [0.2, 0.25) is 5.15 Å². The number of nitrogens with zero attached hydrogens (tertiary/aromatic N) is 2. The van der Waals surface area contributed by atoms with Gasteiger partial charge in [-0.1, -0.05) is 72.3 Å². The van der Waals surface area contributed by atoms with Crippen LogP contribution in [0.5, 0.6) is 5.75 Å². The Morgan fingerprint density at radius 3 is 2.62 bits per heavy atom. The van der Waals surface area contributed by atoms with E-state index in [0.29, 0.717) is 11.0 Å². The highest BCUT2D eigenvalue weighted by Crippen LogP contribution is 2.43. The summed E-state index contributed by atoms with van der Waals surface area (Å²) in [5.41, 5.74) is 5.31. The molecule has 0 N–H and O–H groups in total. The highest BCUT2D eigenvalue weighted by Gasteiger charge is 2.31. The van der Waals surface area contributed by atoms with E-state index in [1.54, 1.807) is 0 Å². The molecule has 1 aliphatic heterocycles. The molecule has 0 amide bonds. The maximum Gasteiger partial charge on any atom is 0.161 e. The van der Waals surface area contributed by atoms with E-state index in [2.05, 4.69) is 23.2 Å². The molecule has 5 rings (SSSR count). The number of hydrogen-bond donors (Lipinski definition) is 0. The van der Waals surface area contributed by atoms with Crippen molar-refractivity contribution in [1.29, 1.82) is 0 Å². The first-order chi connectivity index (χ1) is 12.8. The molecule has 1 aliphatic carbocycles. The minimum Gasteiger partial charge on any atom is -0.485 e. The highest BCUT2D eigenvalue weighted by molar-refractivity contribution is 6.29. The highest BCUT2D eigenvalue weighted by atomic mass is 35.5. The zero-order valence-electron chi connectivity index (χ0n) is 13.9. The molecule has 3 aromatic rings. The lowest BCUT2D eigenvalue weighted by Gasteiger charge is -2.19. The van der Waals surface area contributed by atoms with Gasteiger partial charge in [-0.3, -0.25) is 0 Å². The molecule has 0 spiro atoms. The fraction of sp³-hybridized carbons (Fsp3) is 0.0909. The molecule has 1 unspecified atom stereocenters. The molecular weight excluding hydrogens is 344 g/mol. The molecule has 2 aromatic carbocycles. The second-order valence-corrected chi connectivity index (χ2v) is 6.77. The van der Waals surface area contributed by atoms with Crippen molar-refractivity contribution in [2.24, 2.45) is 0 Å². The van der Waals surface area contributed by atoms with Crippen LogP contribution in [-0.4, -0.2) is 16.1 Å². The summed E-state index contributed by atoms with van der Waals surface area (Å²) in [6.45, 7) is 0. The SMILES string of the molecule is Clc1cc(C2=CC=C3c4ccccc4OC3C2)nc(-c2ccccc2)n1. The fourth-order valence-corrected chi connectivity index (χ4v) is 3.68. The standard InChI is InChI=1S/C22H15ClN2O/c23-21-13-18(24-22(25-21)14-6-2-1-3-7-14)15-10-11-17-16-8-4-5-9-19(16)26-20(17)12-15/h1-11,13,20H,12H2. The molecule has 0 saturated carbocycles. The lowest BCUT2D eigenvalue weighted by molar-refractivity contribution is 0.281. The first-order valence-electron chi connectivity index (χ1n) is 8.55. The zero-order valence-corrected chi connectivity index (χ0v) is 14.6. The summed E-state index contributed by atoms with van der Waals surface area (Å²) >= 11 is 6.28. The lowest BCUT2D eigenvalue weighted by Crippen LogP contribution is -2.15. The monoisotopic (exact) mass is 358 g/mol. The number of allylic oxidation sites excluding steroid dienone is 2. The van der Waals surface area contributed by atoms with Crippen molar-refractivity contribution in [2.75, 3.05) is 0 Å². The summed E-state index contributed by atoms with van der Waals surface area (Å²) in [7, 11) is 0. The Balaban J connectivity index is 1.53. The number of halogens is 1. The van der Waals surface area contributed by atoms with Crippen LogP contribution in [0.4, 0.5) is 0 Å². The Morgan fingerprint density at radius 1 is 0.923 bits per heavy atom. The van der Waals surface area contributed by atoms with Gasteiger partial charge in [0.05, 0.1) is 5.69 Å². The number of para-hydroxylation sites is 1. The Hall–Kier alpha value is -2.91. The number of fused-ring (bicyclic) bond motifs is 3. The van der Waals surface area contributed by atoms with E-state index < -0.39 is 0 Å². The van der Waals surface area contributed by atoms with E-state index in [0.717, 1.165) is 29.0 Å². The maximum absolute atomic E-state index is 6.28. The van der Waals surface area contributed by atoms with Gasteiger partial charge in [0.15, 0.2) is 5.82 Å². The second kappa shape index (κ2) is 6.11. The molecular formula is C22H15ClN2O. The van der Waals surface area contributed by atoms with Crippen LogP contribution >= 0.6 is 11.6 Å². The van der Waals surface area contributed by atoms with E-state index in [1.165, 1.54) is 11.1 Å². The number of rotatable bonds is 2. The molecule has 0 fully saturated rings. The van der Waals surface area contributed by atoms with Crippen LogP contribution in [0.25, 0.3) is 22.5 Å². The topological polar surface area (TPSA) is 35.0 Å². The zero-order chi connectivity index (χ0) is 17.5. The van der Waals surface area contributed by atoms with Crippen LogP contribution < -0.4 is 4.74 Å². The summed E-state index contributed by atoms with van der Waals surface area (Å²) in [5.74, 6) is 1.59. The predicted molar refractivity (Wildman–Crippen MR) is 104 cm³/mol. The van der Waals surface area contributed by atoms with Crippen LogP contribution in [0.3, 0.4) is 0 Å². The fourth-order valence-electron chi connectivity index (χ4n) is 3.49. The second-order valence-electron chi connectivity index (χ2n) is 6.39. The van der Waals surface area contributed by atoms with Crippen molar-refractivity contribution in [3.63, 3.8) is 0 Å². The first kappa shape index (κ1) is 15.4. The van der Waals surface area contributed by atoms with Crippen molar-refractivity contribution in [3.8, 4) is 17.1 Å². The molecule has 1 aromatic heterocycles. The first-order valence-corrected chi connectivity index (χ1v) is 8.93. The molecule has 0 saturated heterocycles. The molecule has 126 valence electrons. The van der Waals surface area contributed by atoms with Crippen LogP contribution in [0, 0.1) is 0 Å². The van der Waals surface area contributed by atoms with Crippen molar-refractivity contribution in [2.45, 2.75) is 12.5 Å². The molecule has 1 atom stereocenters. The van der Waals surface area contributed by atoms with Gasteiger partial charge in [-0.05, 0) is 11.6 Å². The summed E-state index contributed by atoms with van der Waals surface area (Å²) in [4.78, 5) is 9.12. The Bertz CT molecular complexity index is 1060. The van der Waals surface area contributed by atoms with Gasteiger partial charge in [0, 0.05) is 29.2 Å². The third-order valence-electron chi connectivity index (χ3n) is 4.74. The van der Waals surface area contributed by atoms with Gasteiger partial charge in [-0.15, -0.1) is 0 Å². The van der Waals surface area contributed by atoms with E-state index in [9.17, 15) is 0 Å².